The van der Waals surface area contributed by atoms with Crippen LogP contribution in [0.2, 0.25) is 18.1 Å². The number of aromatic nitrogens is 2. The molecule has 1 N–H and O–H groups in total. The number of halogens is 1. The topological polar surface area (TPSA) is 117 Å². The van der Waals surface area contributed by atoms with E-state index in [0.717, 1.165) is 12.8 Å². The number of esters is 1. The van der Waals surface area contributed by atoms with Crippen molar-refractivity contribution >= 4 is 36.2 Å². The molecule has 1 aliphatic rings. The highest BCUT2D eigenvalue weighted by molar-refractivity contribution is 9.10. The zero-order valence-electron chi connectivity index (χ0n) is 22.2. The smallest absolute Gasteiger partial charge is 0.345 e. The molecule has 2 heterocycles. The van der Waals surface area contributed by atoms with Gasteiger partial charge in [-0.1, -0.05) is 20.8 Å². The number of carbonyl (C=O) groups excluding carboxylic acids is 1. The van der Waals surface area contributed by atoms with E-state index in [1.54, 1.807) is 24.4 Å². The van der Waals surface area contributed by atoms with Gasteiger partial charge < -0.3 is 23.7 Å². The van der Waals surface area contributed by atoms with Crippen LogP contribution in [0.15, 0.2) is 28.9 Å². The third kappa shape index (κ3) is 7.75. The van der Waals surface area contributed by atoms with Crippen molar-refractivity contribution in [3.05, 3.63) is 46.0 Å². The first kappa shape index (κ1) is 29.1. The van der Waals surface area contributed by atoms with E-state index >= 15 is 0 Å². The zero-order chi connectivity index (χ0) is 27.4. The molecule has 1 unspecified atom stereocenters. The van der Waals surface area contributed by atoms with Gasteiger partial charge >= 0.3 is 11.9 Å². The van der Waals surface area contributed by atoms with E-state index in [4.69, 9.17) is 18.6 Å². The summed E-state index contributed by atoms with van der Waals surface area (Å²) in [6.07, 6.45) is 1.96. The molecule has 37 heavy (non-hydrogen) atoms. The molecule has 202 valence electrons. The molecule has 0 aliphatic carbocycles. The first-order chi connectivity index (χ1) is 17.3. The Bertz CT molecular complexity index is 1130. The van der Waals surface area contributed by atoms with Crippen molar-refractivity contribution in [1.29, 1.82) is 0 Å². The summed E-state index contributed by atoms with van der Waals surface area (Å²) in [5.74, 6) is -0.270. The van der Waals surface area contributed by atoms with Gasteiger partial charge in [0.1, 0.15) is 24.2 Å². The lowest BCUT2D eigenvalue weighted by Gasteiger charge is -2.37. The van der Waals surface area contributed by atoms with Crippen LogP contribution in [0, 0.1) is 0 Å². The van der Waals surface area contributed by atoms with Gasteiger partial charge in [-0.2, -0.15) is 0 Å². The fourth-order valence-corrected chi connectivity index (χ4v) is 5.12. The molecule has 0 radical (unpaired) electrons. The lowest BCUT2D eigenvalue weighted by Crippen LogP contribution is -2.44. The number of carbonyl (C=O) groups is 2. The molecule has 11 heteroatoms. The fraction of sp³-hybridized carbons (Fsp3) is 0.538. The summed E-state index contributed by atoms with van der Waals surface area (Å²) in [7, 11) is -2.20. The van der Waals surface area contributed by atoms with Gasteiger partial charge in [-0.3, -0.25) is 4.79 Å². The monoisotopic (exact) mass is 594 g/mol. The molecule has 9 nitrogen and oxygen atoms in total. The Morgan fingerprint density at radius 3 is 2.59 bits per heavy atom. The maximum absolute atomic E-state index is 11.8. The second kappa shape index (κ2) is 11.9. The van der Waals surface area contributed by atoms with Gasteiger partial charge in [0, 0.05) is 31.7 Å². The SMILES string of the molecule is CC(=O)OC(Cc1cc(O[Si](C)(C)C(C)(C)C)c(Br)cc1OCc1ccnc([C@@H]2CCCO2)n1)C(=O)O. The number of benzene rings is 1. The Morgan fingerprint density at radius 1 is 1.27 bits per heavy atom. The van der Waals surface area contributed by atoms with Crippen LogP contribution in [0.25, 0.3) is 0 Å². The zero-order valence-corrected chi connectivity index (χ0v) is 24.8. The molecule has 2 atom stereocenters. The van der Waals surface area contributed by atoms with Crippen LogP contribution in [0.4, 0.5) is 0 Å². The molecule has 0 bridgehead atoms. The quantitative estimate of drug-likeness (QED) is 0.276. The lowest BCUT2D eigenvalue weighted by atomic mass is 10.1. The van der Waals surface area contributed by atoms with Gasteiger partial charge in [-0.25, -0.2) is 14.8 Å². The second-order valence-electron chi connectivity index (χ2n) is 10.6. The summed E-state index contributed by atoms with van der Waals surface area (Å²) in [5, 5.41) is 9.61. The summed E-state index contributed by atoms with van der Waals surface area (Å²) in [4.78, 5) is 32.3. The number of rotatable bonds is 10. The molecular weight excluding hydrogens is 560 g/mol. The van der Waals surface area contributed by atoms with E-state index in [9.17, 15) is 14.7 Å². The van der Waals surface area contributed by atoms with Gasteiger partial charge in [-0.15, -0.1) is 0 Å². The van der Waals surface area contributed by atoms with Crippen LogP contribution in [0.3, 0.4) is 0 Å². The minimum atomic E-state index is -2.20. The summed E-state index contributed by atoms with van der Waals surface area (Å²) in [6.45, 7) is 12.7. The number of nitrogens with zero attached hydrogens (tertiary/aromatic N) is 2. The van der Waals surface area contributed by atoms with Crippen molar-refractivity contribution in [2.24, 2.45) is 0 Å². The highest BCUT2D eigenvalue weighted by atomic mass is 79.9. The van der Waals surface area contributed by atoms with Crippen molar-refractivity contribution in [3.8, 4) is 11.5 Å². The Morgan fingerprint density at radius 2 is 2.00 bits per heavy atom. The third-order valence-electron chi connectivity index (χ3n) is 6.60. The Balaban J connectivity index is 1.91. The van der Waals surface area contributed by atoms with Crippen molar-refractivity contribution in [1.82, 2.24) is 9.97 Å². The van der Waals surface area contributed by atoms with Crippen LogP contribution in [0.5, 0.6) is 11.5 Å². The van der Waals surface area contributed by atoms with Crippen molar-refractivity contribution in [3.63, 3.8) is 0 Å². The van der Waals surface area contributed by atoms with Crippen molar-refractivity contribution in [2.45, 2.75) is 83.9 Å². The molecule has 0 spiro atoms. The van der Waals surface area contributed by atoms with Crippen molar-refractivity contribution < 1.29 is 33.3 Å². The summed E-state index contributed by atoms with van der Waals surface area (Å²) >= 11 is 3.59. The predicted octanol–water partition coefficient (Wildman–Crippen LogP) is 5.61. The molecular formula is C26H35BrN2O7Si. The Hall–Kier alpha value is -2.50. The second-order valence-corrected chi connectivity index (χ2v) is 16.2. The fourth-order valence-electron chi connectivity index (χ4n) is 3.54. The molecule has 0 saturated carbocycles. The van der Waals surface area contributed by atoms with Gasteiger partial charge in [0.15, 0.2) is 5.82 Å². The summed E-state index contributed by atoms with van der Waals surface area (Å²) < 4.78 is 24.0. The Kier molecular flexibility index (Phi) is 9.35. The summed E-state index contributed by atoms with van der Waals surface area (Å²) in [6, 6.07) is 5.28. The number of carboxylic acids is 1. The molecule has 3 rings (SSSR count). The molecule has 1 fully saturated rings. The average Bonchev–Trinajstić information content (AvgIpc) is 3.33. The minimum absolute atomic E-state index is 0.0448. The normalized spacial score (nSPS) is 16.8. The molecule has 1 saturated heterocycles. The number of aliphatic carboxylic acids is 1. The highest BCUT2D eigenvalue weighted by Gasteiger charge is 2.39. The number of hydrogen-bond acceptors (Lipinski definition) is 8. The van der Waals surface area contributed by atoms with Crippen LogP contribution >= 0.6 is 15.9 Å². The van der Waals surface area contributed by atoms with E-state index in [2.05, 4.69) is 59.8 Å². The van der Waals surface area contributed by atoms with Gasteiger partial charge in [0.25, 0.3) is 8.32 Å². The van der Waals surface area contributed by atoms with E-state index in [1.807, 2.05) is 0 Å². The standard InChI is InChI=1S/C26H35BrN2O7Si/c1-16(30)35-23(25(31)32)13-17-12-22(36-37(5,6)26(2,3)4)19(27)14-21(17)34-15-18-9-10-28-24(29-18)20-8-7-11-33-20/h9-10,12,14,20,23H,7-8,11,13,15H2,1-6H3,(H,31,32)/t20-,23?/m0/s1. The predicted molar refractivity (Wildman–Crippen MR) is 143 cm³/mol. The number of hydrogen-bond donors (Lipinski definition) is 1. The average molecular weight is 596 g/mol. The molecule has 2 aromatic rings. The summed E-state index contributed by atoms with van der Waals surface area (Å²) in [5.41, 5.74) is 1.21. The number of ether oxygens (including phenoxy) is 3. The van der Waals surface area contributed by atoms with E-state index in [1.165, 1.54) is 6.92 Å². The largest absolute Gasteiger partial charge is 0.543 e. The maximum Gasteiger partial charge on any atom is 0.345 e. The van der Waals surface area contributed by atoms with Crippen LogP contribution in [0.1, 0.15) is 63.7 Å². The van der Waals surface area contributed by atoms with Gasteiger partial charge in [0.05, 0.1) is 10.2 Å². The first-order valence-electron chi connectivity index (χ1n) is 12.2. The number of carboxylic acid groups (broad SMARTS) is 1. The Labute approximate surface area is 227 Å². The molecule has 1 aromatic heterocycles. The molecule has 0 amide bonds. The van der Waals surface area contributed by atoms with Gasteiger partial charge in [0.2, 0.25) is 6.10 Å². The highest BCUT2D eigenvalue weighted by Crippen LogP contribution is 2.41. The van der Waals surface area contributed by atoms with E-state index in [-0.39, 0.29) is 24.2 Å². The third-order valence-corrected chi connectivity index (χ3v) is 11.6. The van der Waals surface area contributed by atoms with E-state index < -0.39 is 26.4 Å². The first-order valence-corrected chi connectivity index (χ1v) is 15.9. The molecule has 1 aromatic carbocycles. The van der Waals surface area contributed by atoms with Gasteiger partial charge in [-0.05, 0) is 65.1 Å². The van der Waals surface area contributed by atoms with Crippen LogP contribution in [-0.2, 0) is 32.1 Å². The van der Waals surface area contributed by atoms with Crippen LogP contribution < -0.4 is 9.16 Å². The maximum atomic E-state index is 11.8. The van der Waals surface area contributed by atoms with Crippen LogP contribution in [-0.4, -0.2) is 48.0 Å². The lowest BCUT2D eigenvalue weighted by molar-refractivity contribution is -0.162. The minimum Gasteiger partial charge on any atom is -0.543 e. The molecule has 1 aliphatic heterocycles. The van der Waals surface area contributed by atoms with E-state index in [0.29, 0.717) is 39.7 Å². The van der Waals surface area contributed by atoms with Crippen molar-refractivity contribution in [2.75, 3.05) is 6.61 Å².